The summed E-state index contributed by atoms with van der Waals surface area (Å²) in [5, 5.41) is 13.9. The number of thiophene rings is 1. The standard InChI is InChI=1S/C24H19F3N4OS2/c1-2-12-31-21(20-7-4-13-33-20)29-30-23(31)34-15-16-8-10-17(11-9-16)22(32)28-19-6-3-5-18(14-19)24(25,26)27/h2-11,13-14H,1,12,15H2,(H,28,32). The van der Waals surface area contributed by atoms with Crippen molar-refractivity contribution < 1.29 is 18.0 Å². The highest BCUT2D eigenvalue weighted by Gasteiger charge is 2.30. The minimum atomic E-state index is -4.47. The van der Waals surface area contributed by atoms with Crippen molar-refractivity contribution in [3.05, 3.63) is 95.4 Å². The van der Waals surface area contributed by atoms with Gasteiger partial charge in [-0.05, 0) is 47.3 Å². The molecule has 4 rings (SSSR count). The van der Waals surface area contributed by atoms with Gasteiger partial charge >= 0.3 is 6.18 Å². The number of halogens is 3. The van der Waals surface area contributed by atoms with Crippen LogP contribution < -0.4 is 5.32 Å². The molecule has 0 bridgehead atoms. The zero-order chi connectivity index (χ0) is 24.1. The Morgan fingerprint density at radius 3 is 2.59 bits per heavy atom. The summed E-state index contributed by atoms with van der Waals surface area (Å²) in [5.74, 6) is 0.916. The van der Waals surface area contributed by atoms with Gasteiger partial charge < -0.3 is 5.32 Å². The van der Waals surface area contributed by atoms with Crippen LogP contribution in [-0.4, -0.2) is 20.7 Å². The van der Waals surface area contributed by atoms with Gasteiger partial charge in [-0.25, -0.2) is 0 Å². The van der Waals surface area contributed by atoms with Crippen LogP contribution in [0.1, 0.15) is 21.5 Å². The average molecular weight is 501 g/mol. The van der Waals surface area contributed by atoms with E-state index in [1.165, 1.54) is 23.9 Å². The van der Waals surface area contributed by atoms with E-state index in [9.17, 15) is 18.0 Å². The highest BCUT2D eigenvalue weighted by atomic mass is 32.2. The minimum absolute atomic E-state index is 0.0857. The summed E-state index contributed by atoms with van der Waals surface area (Å²) in [5.41, 5.74) is 0.583. The summed E-state index contributed by atoms with van der Waals surface area (Å²) < 4.78 is 40.6. The molecule has 1 N–H and O–H groups in total. The number of aromatic nitrogens is 3. The fourth-order valence-corrected chi connectivity index (χ4v) is 4.77. The van der Waals surface area contributed by atoms with E-state index in [2.05, 4.69) is 22.1 Å². The van der Waals surface area contributed by atoms with Gasteiger partial charge in [0, 0.05) is 23.5 Å². The molecule has 4 aromatic rings. The molecule has 0 unspecified atom stereocenters. The maximum Gasteiger partial charge on any atom is 0.416 e. The van der Waals surface area contributed by atoms with E-state index in [0.29, 0.717) is 17.9 Å². The molecule has 0 aliphatic heterocycles. The first kappa shape index (κ1) is 23.8. The predicted octanol–water partition coefficient (Wildman–Crippen LogP) is 6.76. The van der Waals surface area contributed by atoms with E-state index in [-0.39, 0.29) is 5.69 Å². The highest BCUT2D eigenvalue weighted by Crippen LogP contribution is 2.31. The zero-order valence-electron chi connectivity index (χ0n) is 17.7. The monoisotopic (exact) mass is 500 g/mol. The molecule has 2 aromatic carbocycles. The van der Waals surface area contributed by atoms with E-state index < -0.39 is 17.6 Å². The molecule has 0 atom stereocenters. The summed E-state index contributed by atoms with van der Waals surface area (Å²) in [4.78, 5) is 13.5. The van der Waals surface area contributed by atoms with Gasteiger partial charge in [0.05, 0.1) is 10.4 Å². The molecule has 2 aromatic heterocycles. The normalized spacial score (nSPS) is 11.4. The molecule has 0 saturated carbocycles. The maximum atomic E-state index is 12.9. The lowest BCUT2D eigenvalue weighted by atomic mass is 10.1. The number of amides is 1. The number of nitrogens with zero attached hydrogens (tertiary/aromatic N) is 3. The molecule has 2 heterocycles. The van der Waals surface area contributed by atoms with Gasteiger partial charge in [-0.2, -0.15) is 13.2 Å². The molecule has 0 radical (unpaired) electrons. The summed E-state index contributed by atoms with van der Waals surface area (Å²) >= 11 is 3.11. The van der Waals surface area contributed by atoms with Crippen LogP contribution in [0, 0.1) is 0 Å². The fraction of sp³-hybridized carbons (Fsp3) is 0.125. The van der Waals surface area contributed by atoms with Crippen LogP contribution in [0.3, 0.4) is 0 Å². The van der Waals surface area contributed by atoms with Gasteiger partial charge in [0.2, 0.25) is 0 Å². The third-order valence-corrected chi connectivity index (χ3v) is 6.71. The van der Waals surface area contributed by atoms with Gasteiger partial charge in [-0.15, -0.1) is 28.1 Å². The van der Waals surface area contributed by atoms with Gasteiger partial charge in [0.15, 0.2) is 11.0 Å². The average Bonchev–Trinajstić information content (AvgIpc) is 3.48. The second-order valence-electron chi connectivity index (χ2n) is 7.20. The molecule has 10 heteroatoms. The first-order valence-corrected chi connectivity index (χ1v) is 12.0. The van der Waals surface area contributed by atoms with Crippen molar-refractivity contribution in [3.8, 4) is 10.7 Å². The Balaban J connectivity index is 1.41. The molecule has 174 valence electrons. The lowest BCUT2D eigenvalue weighted by Crippen LogP contribution is -2.13. The lowest BCUT2D eigenvalue weighted by Gasteiger charge is -2.10. The minimum Gasteiger partial charge on any atom is -0.322 e. The van der Waals surface area contributed by atoms with E-state index in [1.54, 1.807) is 29.5 Å². The summed E-state index contributed by atoms with van der Waals surface area (Å²) in [6.07, 6.45) is -2.68. The number of alkyl halides is 3. The zero-order valence-corrected chi connectivity index (χ0v) is 19.4. The van der Waals surface area contributed by atoms with Crippen molar-refractivity contribution in [2.75, 3.05) is 5.32 Å². The van der Waals surface area contributed by atoms with Crippen molar-refractivity contribution >= 4 is 34.7 Å². The topological polar surface area (TPSA) is 59.8 Å². The first-order chi connectivity index (χ1) is 16.3. The maximum absolute atomic E-state index is 12.9. The number of hydrogen-bond acceptors (Lipinski definition) is 5. The number of rotatable bonds is 8. The number of carbonyl (C=O) groups is 1. The Kier molecular flexibility index (Phi) is 7.18. The van der Waals surface area contributed by atoms with E-state index >= 15 is 0 Å². The summed E-state index contributed by atoms with van der Waals surface area (Å²) in [7, 11) is 0. The Labute approximate surface area is 202 Å². The van der Waals surface area contributed by atoms with Crippen LogP contribution in [0.2, 0.25) is 0 Å². The van der Waals surface area contributed by atoms with Crippen LogP contribution in [0.15, 0.2) is 83.9 Å². The van der Waals surface area contributed by atoms with Crippen molar-refractivity contribution in [3.63, 3.8) is 0 Å². The predicted molar refractivity (Wildman–Crippen MR) is 129 cm³/mol. The van der Waals surface area contributed by atoms with Crippen LogP contribution in [-0.2, 0) is 18.5 Å². The first-order valence-electron chi connectivity index (χ1n) is 10.1. The van der Waals surface area contributed by atoms with Crippen molar-refractivity contribution in [1.29, 1.82) is 0 Å². The van der Waals surface area contributed by atoms with Gasteiger partial charge in [-0.3, -0.25) is 9.36 Å². The van der Waals surface area contributed by atoms with E-state index in [4.69, 9.17) is 0 Å². The Morgan fingerprint density at radius 2 is 1.91 bits per heavy atom. The molecule has 5 nitrogen and oxygen atoms in total. The lowest BCUT2D eigenvalue weighted by molar-refractivity contribution is -0.137. The Bertz CT molecular complexity index is 1280. The smallest absolute Gasteiger partial charge is 0.322 e. The molecule has 0 spiro atoms. The second-order valence-corrected chi connectivity index (χ2v) is 9.09. The third kappa shape index (κ3) is 5.57. The van der Waals surface area contributed by atoms with Crippen molar-refractivity contribution in [2.45, 2.75) is 23.6 Å². The molecule has 1 amide bonds. The number of carbonyl (C=O) groups excluding carboxylic acids is 1. The highest BCUT2D eigenvalue weighted by molar-refractivity contribution is 7.98. The van der Waals surface area contributed by atoms with Crippen LogP contribution in [0.5, 0.6) is 0 Å². The molecule has 34 heavy (non-hydrogen) atoms. The number of nitrogens with one attached hydrogen (secondary N) is 1. The SMILES string of the molecule is C=CCn1c(SCc2ccc(C(=O)Nc3cccc(C(F)(F)F)c3)cc2)nnc1-c1cccs1. The molecular formula is C24H19F3N4OS2. The van der Waals surface area contributed by atoms with Gasteiger partial charge in [-0.1, -0.05) is 42.1 Å². The molecule has 0 saturated heterocycles. The van der Waals surface area contributed by atoms with Gasteiger partial charge in [0.1, 0.15) is 0 Å². The van der Waals surface area contributed by atoms with E-state index in [0.717, 1.165) is 33.6 Å². The number of thioether (sulfide) groups is 1. The summed E-state index contributed by atoms with van der Waals surface area (Å²) in [6.45, 7) is 4.40. The number of allylic oxidation sites excluding steroid dienone is 1. The Hall–Kier alpha value is -3.37. The van der Waals surface area contributed by atoms with Crippen LogP contribution in [0.25, 0.3) is 10.7 Å². The number of anilines is 1. The number of benzene rings is 2. The summed E-state index contributed by atoms with van der Waals surface area (Å²) in [6, 6.07) is 15.4. The van der Waals surface area contributed by atoms with Gasteiger partial charge in [0.25, 0.3) is 5.91 Å². The van der Waals surface area contributed by atoms with Crippen molar-refractivity contribution in [2.24, 2.45) is 0 Å². The largest absolute Gasteiger partial charge is 0.416 e. The molecule has 0 fully saturated rings. The van der Waals surface area contributed by atoms with Crippen LogP contribution in [0.4, 0.5) is 18.9 Å². The molecular weight excluding hydrogens is 481 g/mol. The molecule has 0 aliphatic carbocycles. The van der Waals surface area contributed by atoms with E-state index in [1.807, 2.05) is 34.2 Å². The third-order valence-electron chi connectivity index (χ3n) is 4.80. The van der Waals surface area contributed by atoms with Crippen molar-refractivity contribution in [1.82, 2.24) is 14.8 Å². The second kappa shape index (κ2) is 10.3. The molecule has 0 aliphatic rings. The quantitative estimate of drug-likeness (QED) is 0.215. The Morgan fingerprint density at radius 1 is 1.12 bits per heavy atom. The fourth-order valence-electron chi connectivity index (χ4n) is 3.15. The van der Waals surface area contributed by atoms with Crippen LogP contribution >= 0.6 is 23.1 Å². The number of hydrogen-bond donors (Lipinski definition) is 1.